The topological polar surface area (TPSA) is 72.2 Å². The van der Waals surface area contributed by atoms with Crippen LogP contribution in [0.25, 0.3) is 0 Å². The number of rotatable bonds is 4. The lowest BCUT2D eigenvalue weighted by molar-refractivity contribution is 0.524. The Hall–Kier alpha value is -0.390. The summed E-state index contributed by atoms with van der Waals surface area (Å²) >= 11 is 0. The van der Waals surface area contributed by atoms with E-state index >= 15 is 0 Å². The van der Waals surface area contributed by atoms with E-state index in [1.54, 1.807) is 0 Å². The van der Waals surface area contributed by atoms with E-state index < -0.39 is 10.0 Å². The summed E-state index contributed by atoms with van der Waals surface area (Å²) in [6, 6.07) is -0.107. The first-order valence-electron chi connectivity index (χ1n) is 4.41. The van der Waals surface area contributed by atoms with E-state index in [0.29, 0.717) is 0 Å². The molecular weight excluding hydrogens is 188 g/mol. The van der Waals surface area contributed by atoms with Gasteiger partial charge in [0, 0.05) is 12.1 Å². The van der Waals surface area contributed by atoms with E-state index in [0.717, 1.165) is 19.3 Å². The molecule has 1 aliphatic carbocycles. The Balaban J connectivity index is 2.52. The maximum Gasteiger partial charge on any atom is 0.215 e. The summed E-state index contributed by atoms with van der Waals surface area (Å²) in [5.74, 6) is -0.0315. The minimum atomic E-state index is -3.20. The van der Waals surface area contributed by atoms with Crippen LogP contribution in [0.3, 0.4) is 0 Å². The minimum Gasteiger partial charge on any atom is -0.326 e. The Bertz CT molecular complexity index is 274. The van der Waals surface area contributed by atoms with Crippen LogP contribution in [0, 0.1) is 0 Å². The molecule has 3 N–H and O–H groups in total. The van der Waals surface area contributed by atoms with E-state index in [1.807, 2.05) is 0 Å². The highest BCUT2D eigenvalue weighted by atomic mass is 32.2. The van der Waals surface area contributed by atoms with Crippen molar-refractivity contribution in [3.05, 3.63) is 12.7 Å². The van der Waals surface area contributed by atoms with Crippen molar-refractivity contribution in [2.24, 2.45) is 5.73 Å². The zero-order valence-corrected chi connectivity index (χ0v) is 8.39. The molecule has 0 aliphatic heterocycles. The van der Waals surface area contributed by atoms with Crippen molar-refractivity contribution >= 4 is 10.0 Å². The van der Waals surface area contributed by atoms with Crippen molar-refractivity contribution in [3.63, 3.8) is 0 Å². The molecule has 0 spiro atoms. The number of hydrogen-bond donors (Lipinski definition) is 2. The van der Waals surface area contributed by atoms with Crippen LogP contribution in [0.5, 0.6) is 0 Å². The summed E-state index contributed by atoms with van der Waals surface area (Å²) < 4.78 is 25.2. The lowest BCUT2D eigenvalue weighted by Crippen LogP contribution is -2.44. The zero-order valence-electron chi connectivity index (χ0n) is 7.57. The van der Waals surface area contributed by atoms with Gasteiger partial charge in [-0.15, -0.1) is 6.58 Å². The molecule has 1 saturated carbocycles. The highest BCUT2D eigenvalue weighted by Crippen LogP contribution is 2.17. The minimum absolute atomic E-state index is 0.0282. The fraction of sp³-hybridized carbons (Fsp3) is 0.750. The first-order chi connectivity index (χ1) is 6.05. The molecule has 0 amide bonds. The van der Waals surface area contributed by atoms with Gasteiger partial charge in [0.1, 0.15) is 0 Å². The van der Waals surface area contributed by atoms with E-state index in [1.165, 1.54) is 6.08 Å². The third-order valence-corrected chi connectivity index (χ3v) is 3.57. The van der Waals surface area contributed by atoms with E-state index in [2.05, 4.69) is 11.3 Å². The molecule has 1 aliphatic rings. The number of sulfonamides is 1. The summed E-state index contributed by atoms with van der Waals surface area (Å²) in [6.45, 7) is 3.39. The molecule has 0 radical (unpaired) electrons. The second-order valence-electron chi connectivity index (χ2n) is 3.39. The van der Waals surface area contributed by atoms with Gasteiger partial charge in [0.15, 0.2) is 0 Å². The summed E-state index contributed by atoms with van der Waals surface area (Å²) in [6.07, 6.45) is 4.13. The zero-order chi connectivity index (χ0) is 9.90. The van der Waals surface area contributed by atoms with Gasteiger partial charge in [-0.2, -0.15) is 0 Å². The van der Waals surface area contributed by atoms with Gasteiger partial charge < -0.3 is 5.73 Å². The molecule has 0 aromatic carbocycles. The molecule has 2 atom stereocenters. The standard InChI is InChI=1S/C8H16N2O2S/c1-2-6-13(11,12)10-8-5-3-4-7(8)9/h2,7-8,10H,1,3-6,9H2. The quantitative estimate of drug-likeness (QED) is 0.632. The third kappa shape index (κ3) is 3.10. The molecule has 4 nitrogen and oxygen atoms in total. The lowest BCUT2D eigenvalue weighted by atomic mass is 10.2. The average Bonchev–Trinajstić information content (AvgIpc) is 2.35. The van der Waals surface area contributed by atoms with Crippen LogP contribution in [-0.4, -0.2) is 26.3 Å². The number of hydrogen-bond acceptors (Lipinski definition) is 3. The molecule has 5 heteroatoms. The van der Waals surface area contributed by atoms with Crippen molar-refractivity contribution < 1.29 is 8.42 Å². The first kappa shape index (κ1) is 10.7. The van der Waals surface area contributed by atoms with E-state index in [4.69, 9.17) is 5.73 Å². The van der Waals surface area contributed by atoms with Gasteiger partial charge in [0.25, 0.3) is 0 Å². The lowest BCUT2D eigenvalue weighted by Gasteiger charge is -2.16. The molecule has 13 heavy (non-hydrogen) atoms. The maximum atomic E-state index is 11.3. The van der Waals surface area contributed by atoms with Crippen LogP contribution in [-0.2, 0) is 10.0 Å². The Kier molecular flexibility index (Phi) is 3.47. The van der Waals surface area contributed by atoms with Crippen LogP contribution < -0.4 is 10.5 Å². The van der Waals surface area contributed by atoms with Crippen LogP contribution in [0.1, 0.15) is 19.3 Å². The molecule has 1 rings (SSSR count). The molecule has 0 aromatic rings. The van der Waals surface area contributed by atoms with Gasteiger partial charge >= 0.3 is 0 Å². The van der Waals surface area contributed by atoms with Crippen molar-refractivity contribution in [1.82, 2.24) is 4.72 Å². The van der Waals surface area contributed by atoms with Crippen molar-refractivity contribution in [1.29, 1.82) is 0 Å². The van der Waals surface area contributed by atoms with Crippen LogP contribution in [0.2, 0.25) is 0 Å². The Morgan fingerprint density at radius 1 is 1.54 bits per heavy atom. The van der Waals surface area contributed by atoms with Crippen molar-refractivity contribution in [2.75, 3.05) is 5.75 Å². The summed E-state index contributed by atoms with van der Waals surface area (Å²) in [4.78, 5) is 0. The van der Waals surface area contributed by atoms with Gasteiger partial charge in [-0.1, -0.05) is 12.5 Å². The molecule has 0 aromatic heterocycles. The molecule has 0 heterocycles. The van der Waals surface area contributed by atoms with Crippen LogP contribution >= 0.6 is 0 Å². The average molecular weight is 204 g/mol. The Morgan fingerprint density at radius 2 is 2.23 bits per heavy atom. The van der Waals surface area contributed by atoms with Crippen molar-refractivity contribution in [3.8, 4) is 0 Å². The van der Waals surface area contributed by atoms with Crippen molar-refractivity contribution in [2.45, 2.75) is 31.3 Å². The SMILES string of the molecule is C=CCS(=O)(=O)NC1CCCC1N. The predicted molar refractivity (Wildman–Crippen MR) is 52.7 cm³/mol. The second-order valence-corrected chi connectivity index (χ2v) is 5.19. The molecular formula is C8H16N2O2S. The monoisotopic (exact) mass is 204 g/mol. The molecule has 0 bridgehead atoms. The normalized spacial score (nSPS) is 29.0. The highest BCUT2D eigenvalue weighted by Gasteiger charge is 2.27. The summed E-state index contributed by atoms with van der Waals surface area (Å²) in [5, 5.41) is 0. The summed E-state index contributed by atoms with van der Waals surface area (Å²) in [7, 11) is -3.20. The molecule has 76 valence electrons. The van der Waals surface area contributed by atoms with E-state index in [9.17, 15) is 8.42 Å². The first-order valence-corrected chi connectivity index (χ1v) is 6.07. The summed E-state index contributed by atoms with van der Waals surface area (Å²) in [5.41, 5.74) is 5.73. The van der Waals surface area contributed by atoms with Gasteiger partial charge in [-0.3, -0.25) is 0 Å². The number of nitrogens with two attached hydrogens (primary N) is 1. The predicted octanol–water partition coefficient (Wildman–Crippen LogP) is -0.0284. The fourth-order valence-electron chi connectivity index (χ4n) is 1.57. The Morgan fingerprint density at radius 3 is 2.69 bits per heavy atom. The van der Waals surface area contributed by atoms with Crippen LogP contribution in [0.15, 0.2) is 12.7 Å². The van der Waals surface area contributed by atoms with Gasteiger partial charge in [-0.05, 0) is 12.8 Å². The molecule has 0 saturated heterocycles. The number of nitrogens with one attached hydrogen (secondary N) is 1. The van der Waals surface area contributed by atoms with E-state index in [-0.39, 0.29) is 17.8 Å². The molecule has 1 fully saturated rings. The second kappa shape index (κ2) is 4.21. The van der Waals surface area contributed by atoms with Gasteiger partial charge in [0.05, 0.1) is 5.75 Å². The van der Waals surface area contributed by atoms with Gasteiger partial charge in [-0.25, -0.2) is 13.1 Å². The highest BCUT2D eigenvalue weighted by molar-refractivity contribution is 7.89. The van der Waals surface area contributed by atoms with Gasteiger partial charge in [0.2, 0.25) is 10.0 Å². The van der Waals surface area contributed by atoms with Crippen LogP contribution in [0.4, 0.5) is 0 Å². The smallest absolute Gasteiger partial charge is 0.215 e. The Labute approximate surface area is 79.2 Å². The molecule has 2 unspecified atom stereocenters. The third-order valence-electron chi connectivity index (χ3n) is 2.24. The maximum absolute atomic E-state index is 11.3. The fourth-order valence-corrected chi connectivity index (χ4v) is 2.73. The largest absolute Gasteiger partial charge is 0.326 e.